The van der Waals surface area contributed by atoms with Gasteiger partial charge in [0.25, 0.3) is 0 Å². The summed E-state index contributed by atoms with van der Waals surface area (Å²) in [5.41, 5.74) is 1.18. The van der Waals surface area contributed by atoms with Crippen molar-refractivity contribution in [3.05, 3.63) is 46.2 Å². The largest absolute Gasteiger partial charge is 0.374 e. The monoisotopic (exact) mass is 350 g/mol. The summed E-state index contributed by atoms with van der Waals surface area (Å²) in [6.45, 7) is 3.72. The van der Waals surface area contributed by atoms with Crippen molar-refractivity contribution in [1.82, 2.24) is 9.97 Å². The van der Waals surface area contributed by atoms with Crippen molar-refractivity contribution in [3.8, 4) is 0 Å². The summed E-state index contributed by atoms with van der Waals surface area (Å²) >= 11 is 3.47. The first kappa shape index (κ1) is 15.7. The van der Waals surface area contributed by atoms with Gasteiger partial charge in [-0.25, -0.2) is 9.97 Å². The number of rotatable bonds is 7. The maximum Gasteiger partial charge on any atom is 0.158 e. The van der Waals surface area contributed by atoms with Crippen LogP contribution in [0.4, 0.5) is 11.6 Å². The average molecular weight is 351 g/mol. The van der Waals surface area contributed by atoms with Crippen molar-refractivity contribution in [3.63, 3.8) is 0 Å². The molecule has 2 N–H and O–H groups in total. The third-order valence-electron chi connectivity index (χ3n) is 2.83. The van der Waals surface area contributed by atoms with Gasteiger partial charge in [0.1, 0.15) is 18.2 Å². The van der Waals surface area contributed by atoms with Crippen molar-refractivity contribution in [1.29, 1.82) is 0 Å². The van der Waals surface area contributed by atoms with Gasteiger partial charge in [-0.05, 0) is 24.6 Å². The van der Waals surface area contributed by atoms with Gasteiger partial charge in [-0.15, -0.1) is 0 Å². The minimum Gasteiger partial charge on any atom is -0.374 e. The zero-order valence-electron chi connectivity index (χ0n) is 12.2. The smallest absolute Gasteiger partial charge is 0.158 e. The molecule has 2 aromatic rings. The Hall–Kier alpha value is -1.66. The second-order valence-electron chi connectivity index (χ2n) is 4.43. The van der Waals surface area contributed by atoms with Gasteiger partial charge in [0.05, 0.1) is 0 Å². The number of anilines is 2. The lowest BCUT2D eigenvalue weighted by Gasteiger charge is -2.10. The fourth-order valence-electron chi connectivity index (χ4n) is 1.81. The van der Waals surface area contributed by atoms with E-state index in [1.165, 1.54) is 5.56 Å². The Morgan fingerprint density at radius 1 is 1.19 bits per heavy atom. The first-order chi connectivity index (χ1) is 10.2. The molecule has 5 nitrogen and oxygen atoms in total. The molecule has 0 aliphatic heterocycles. The number of halogens is 1. The van der Waals surface area contributed by atoms with Gasteiger partial charge in [0, 0.05) is 30.7 Å². The first-order valence-corrected chi connectivity index (χ1v) is 7.62. The van der Waals surface area contributed by atoms with Gasteiger partial charge < -0.3 is 15.4 Å². The molecule has 112 valence electrons. The quantitative estimate of drug-likeness (QED) is 0.800. The Balaban J connectivity index is 2.07. The van der Waals surface area contributed by atoms with Gasteiger partial charge in [-0.1, -0.05) is 28.1 Å². The number of nitrogens with zero attached hydrogens (tertiary/aromatic N) is 2. The van der Waals surface area contributed by atoms with E-state index in [2.05, 4.69) is 48.7 Å². The Morgan fingerprint density at radius 2 is 2.00 bits per heavy atom. The molecular formula is C15H19BrN4O. The summed E-state index contributed by atoms with van der Waals surface area (Å²) in [5.74, 6) is 2.22. The van der Waals surface area contributed by atoms with Crippen LogP contribution in [0, 0.1) is 0 Å². The van der Waals surface area contributed by atoms with E-state index >= 15 is 0 Å². The fraction of sp³-hybridized carbons (Fsp3) is 0.333. The third kappa shape index (κ3) is 4.99. The Kier molecular flexibility index (Phi) is 5.95. The minimum absolute atomic E-state index is 0.414. The van der Waals surface area contributed by atoms with E-state index < -0.39 is 0 Å². The van der Waals surface area contributed by atoms with Crippen LogP contribution in [0.25, 0.3) is 0 Å². The van der Waals surface area contributed by atoms with Crippen molar-refractivity contribution < 1.29 is 4.74 Å². The van der Waals surface area contributed by atoms with E-state index in [0.29, 0.717) is 25.6 Å². The number of hydrogen-bond donors (Lipinski definition) is 2. The molecule has 0 aliphatic carbocycles. The van der Waals surface area contributed by atoms with Crippen molar-refractivity contribution in [2.24, 2.45) is 0 Å². The van der Waals surface area contributed by atoms with Crippen LogP contribution in [-0.2, 0) is 17.9 Å². The van der Waals surface area contributed by atoms with Crippen LogP contribution in [0.5, 0.6) is 0 Å². The van der Waals surface area contributed by atoms with Gasteiger partial charge in [-0.3, -0.25) is 0 Å². The topological polar surface area (TPSA) is 59.1 Å². The average Bonchev–Trinajstić information content (AvgIpc) is 2.51. The van der Waals surface area contributed by atoms with Crippen LogP contribution in [0.3, 0.4) is 0 Å². The molecular weight excluding hydrogens is 332 g/mol. The standard InChI is InChI=1S/C15H19BrN4O/c1-3-21-10-15-19-13(17-2)8-14(20-15)18-9-11-5-4-6-12(16)7-11/h4-8H,3,9-10H2,1-2H3,(H2,17,18,19,20). The number of benzene rings is 1. The van der Waals surface area contributed by atoms with Crippen LogP contribution in [0.1, 0.15) is 18.3 Å². The summed E-state index contributed by atoms with van der Waals surface area (Å²) < 4.78 is 6.43. The Morgan fingerprint density at radius 3 is 2.71 bits per heavy atom. The summed E-state index contributed by atoms with van der Waals surface area (Å²) in [4.78, 5) is 8.82. The molecule has 6 heteroatoms. The predicted octanol–water partition coefficient (Wildman–Crippen LogP) is 3.43. The highest BCUT2D eigenvalue weighted by molar-refractivity contribution is 9.10. The zero-order chi connectivity index (χ0) is 15.1. The lowest BCUT2D eigenvalue weighted by Crippen LogP contribution is -2.07. The number of ether oxygens (including phenoxy) is 1. The van der Waals surface area contributed by atoms with Crippen molar-refractivity contribution >= 4 is 27.6 Å². The Labute approximate surface area is 133 Å². The summed E-state index contributed by atoms with van der Waals surface area (Å²) in [7, 11) is 1.84. The van der Waals surface area contributed by atoms with Crippen LogP contribution < -0.4 is 10.6 Å². The van der Waals surface area contributed by atoms with E-state index in [9.17, 15) is 0 Å². The van der Waals surface area contributed by atoms with E-state index in [1.54, 1.807) is 0 Å². The second-order valence-corrected chi connectivity index (χ2v) is 5.34. The molecule has 0 saturated heterocycles. The number of nitrogens with one attached hydrogen (secondary N) is 2. The highest BCUT2D eigenvalue weighted by Gasteiger charge is 2.04. The number of aromatic nitrogens is 2. The summed E-state index contributed by atoms with van der Waals surface area (Å²) in [5, 5.41) is 6.35. The molecule has 0 bridgehead atoms. The normalized spacial score (nSPS) is 10.4. The second kappa shape index (κ2) is 7.95. The van der Waals surface area contributed by atoms with E-state index in [1.807, 2.05) is 32.2 Å². The molecule has 0 unspecified atom stereocenters. The van der Waals surface area contributed by atoms with Crippen LogP contribution in [0.15, 0.2) is 34.8 Å². The molecule has 2 rings (SSSR count). The van der Waals surface area contributed by atoms with Gasteiger partial charge in [-0.2, -0.15) is 0 Å². The van der Waals surface area contributed by atoms with Gasteiger partial charge >= 0.3 is 0 Å². The maximum atomic E-state index is 5.37. The van der Waals surface area contributed by atoms with Crippen LogP contribution in [0.2, 0.25) is 0 Å². The maximum absolute atomic E-state index is 5.37. The molecule has 0 radical (unpaired) electrons. The summed E-state index contributed by atoms with van der Waals surface area (Å²) in [6, 6.07) is 10.1. The van der Waals surface area contributed by atoms with E-state index in [4.69, 9.17) is 4.74 Å². The lowest BCUT2D eigenvalue weighted by atomic mass is 10.2. The van der Waals surface area contributed by atoms with E-state index in [0.717, 1.165) is 16.1 Å². The van der Waals surface area contributed by atoms with Crippen LogP contribution >= 0.6 is 15.9 Å². The fourth-order valence-corrected chi connectivity index (χ4v) is 2.26. The molecule has 1 aromatic carbocycles. The molecule has 0 amide bonds. The van der Waals surface area contributed by atoms with Crippen LogP contribution in [-0.4, -0.2) is 23.6 Å². The van der Waals surface area contributed by atoms with Crippen molar-refractivity contribution in [2.45, 2.75) is 20.1 Å². The lowest BCUT2D eigenvalue weighted by molar-refractivity contribution is 0.128. The molecule has 0 saturated carbocycles. The molecule has 21 heavy (non-hydrogen) atoms. The molecule has 1 aromatic heterocycles. The molecule has 1 heterocycles. The number of hydrogen-bond acceptors (Lipinski definition) is 5. The Bertz CT molecular complexity index is 592. The van der Waals surface area contributed by atoms with E-state index in [-0.39, 0.29) is 0 Å². The van der Waals surface area contributed by atoms with Gasteiger partial charge in [0.15, 0.2) is 5.82 Å². The van der Waals surface area contributed by atoms with Gasteiger partial charge in [0.2, 0.25) is 0 Å². The highest BCUT2D eigenvalue weighted by atomic mass is 79.9. The first-order valence-electron chi connectivity index (χ1n) is 6.83. The summed E-state index contributed by atoms with van der Waals surface area (Å²) in [6.07, 6.45) is 0. The van der Waals surface area contributed by atoms with Crippen molar-refractivity contribution in [2.75, 3.05) is 24.3 Å². The SMILES string of the molecule is CCOCc1nc(NC)cc(NCc2cccc(Br)c2)n1. The third-order valence-corrected chi connectivity index (χ3v) is 3.32. The molecule has 0 aliphatic rings. The molecule has 0 fully saturated rings. The zero-order valence-corrected chi connectivity index (χ0v) is 13.8. The predicted molar refractivity (Wildman–Crippen MR) is 88.4 cm³/mol. The molecule has 0 atom stereocenters. The highest BCUT2D eigenvalue weighted by Crippen LogP contribution is 2.15. The molecule has 0 spiro atoms. The minimum atomic E-state index is 0.414.